The quantitative estimate of drug-likeness (QED) is 0.844. The van der Waals surface area contributed by atoms with Crippen molar-refractivity contribution < 1.29 is 14.3 Å². The molecule has 1 amide bonds. The van der Waals surface area contributed by atoms with Crippen molar-refractivity contribution in [2.45, 2.75) is 19.3 Å². The van der Waals surface area contributed by atoms with E-state index in [1.165, 1.54) is 0 Å². The molecule has 0 saturated carbocycles. The maximum Gasteiger partial charge on any atom is 0.291 e. The number of likely N-dealkylation sites (tertiary alicyclic amines) is 1. The van der Waals surface area contributed by atoms with Crippen LogP contribution in [0.5, 0.6) is 0 Å². The third kappa shape index (κ3) is 2.98. The van der Waals surface area contributed by atoms with E-state index >= 15 is 0 Å². The lowest BCUT2D eigenvalue weighted by Gasteiger charge is -2.48. The largest absolute Gasteiger partial charge is 0.384 e. The highest BCUT2D eigenvalue weighted by molar-refractivity contribution is 5.90. The molecule has 0 bridgehead atoms. The third-order valence-corrected chi connectivity index (χ3v) is 5.10. The van der Waals surface area contributed by atoms with Gasteiger partial charge in [0, 0.05) is 45.1 Å². The molecule has 0 radical (unpaired) electrons. The lowest BCUT2D eigenvalue weighted by molar-refractivity contribution is -0.0912. The van der Waals surface area contributed by atoms with Crippen LogP contribution in [0.1, 0.15) is 29.9 Å². The molecule has 2 aliphatic heterocycles. The molecule has 3 heterocycles. The molecule has 6 nitrogen and oxygen atoms in total. The Morgan fingerprint density at radius 3 is 2.77 bits per heavy atom. The number of aromatic nitrogens is 2. The fraction of sp³-hybridized carbons (Fsp3) is 0.688. The van der Waals surface area contributed by atoms with Crippen molar-refractivity contribution in [3.05, 3.63) is 24.3 Å². The Hall–Kier alpha value is -1.53. The van der Waals surface area contributed by atoms with Gasteiger partial charge in [0.15, 0.2) is 0 Å². The number of carbonyl (C=O) groups is 1. The van der Waals surface area contributed by atoms with Crippen molar-refractivity contribution in [3.63, 3.8) is 0 Å². The summed E-state index contributed by atoms with van der Waals surface area (Å²) in [6.07, 6.45) is 6.29. The zero-order chi connectivity index (χ0) is 15.4. The number of rotatable bonds is 3. The second-order valence-electron chi connectivity index (χ2n) is 6.20. The molecule has 1 spiro atoms. The van der Waals surface area contributed by atoms with Crippen LogP contribution in [0.15, 0.2) is 18.5 Å². The number of ether oxygens (including phenoxy) is 2. The Labute approximate surface area is 130 Å². The summed E-state index contributed by atoms with van der Waals surface area (Å²) in [5.41, 5.74) is 0.253. The fourth-order valence-corrected chi connectivity index (χ4v) is 3.67. The topological polar surface area (TPSA) is 64.6 Å². The molecule has 1 atom stereocenters. The monoisotopic (exact) mass is 305 g/mol. The van der Waals surface area contributed by atoms with Crippen LogP contribution >= 0.6 is 0 Å². The summed E-state index contributed by atoms with van der Waals surface area (Å²) < 4.78 is 11.0. The van der Waals surface area contributed by atoms with Gasteiger partial charge >= 0.3 is 0 Å². The predicted octanol–water partition coefficient (Wildman–Crippen LogP) is 1.38. The van der Waals surface area contributed by atoms with Crippen LogP contribution in [0.3, 0.4) is 0 Å². The van der Waals surface area contributed by atoms with Crippen molar-refractivity contribution >= 4 is 5.91 Å². The van der Waals surface area contributed by atoms with E-state index in [0.717, 1.165) is 52.2 Å². The Balaban J connectivity index is 1.65. The molecule has 1 unspecified atom stereocenters. The maximum atomic E-state index is 12.4. The van der Waals surface area contributed by atoms with Gasteiger partial charge in [0.2, 0.25) is 5.82 Å². The molecule has 1 aromatic heterocycles. The molecule has 0 N–H and O–H groups in total. The SMILES string of the molecule is COCC1COCCC12CCN(C(=O)c1ncccn1)CC2. The van der Waals surface area contributed by atoms with Crippen molar-refractivity contribution in [2.24, 2.45) is 11.3 Å². The minimum Gasteiger partial charge on any atom is -0.384 e. The van der Waals surface area contributed by atoms with Crippen LogP contribution in [0.2, 0.25) is 0 Å². The zero-order valence-electron chi connectivity index (χ0n) is 13.0. The number of methoxy groups -OCH3 is 1. The summed E-state index contributed by atoms with van der Waals surface area (Å²) in [5, 5.41) is 0. The van der Waals surface area contributed by atoms with Gasteiger partial charge in [-0.15, -0.1) is 0 Å². The summed E-state index contributed by atoms with van der Waals surface area (Å²) in [6, 6.07) is 1.72. The Morgan fingerprint density at radius 1 is 1.36 bits per heavy atom. The van der Waals surface area contributed by atoms with Crippen molar-refractivity contribution in [3.8, 4) is 0 Å². The molecule has 2 aliphatic rings. The molecule has 2 fully saturated rings. The van der Waals surface area contributed by atoms with Crippen molar-refractivity contribution in [1.29, 1.82) is 0 Å². The van der Waals surface area contributed by atoms with Crippen LogP contribution in [0.4, 0.5) is 0 Å². The van der Waals surface area contributed by atoms with Gasteiger partial charge in [0.05, 0.1) is 13.2 Å². The summed E-state index contributed by atoms with van der Waals surface area (Å²) >= 11 is 0. The van der Waals surface area contributed by atoms with Gasteiger partial charge in [-0.25, -0.2) is 9.97 Å². The van der Waals surface area contributed by atoms with Gasteiger partial charge in [-0.1, -0.05) is 0 Å². The first-order valence-corrected chi connectivity index (χ1v) is 7.88. The molecule has 6 heteroatoms. The molecule has 0 aliphatic carbocycles. The zero-order valence-corrected chi connectivity index (χ0v) is 13.0. The number of amides is 1. The first-order valence-electron chi connectivity index (χ1n) is 7.88. The van der Waals surface area contributed by atoms with Gasteiger partial charge in [-0.2, -0.15) is 0 Å². The van der Waals surface area contributed by atoms with Crippen LogP contribution in [-0.4, -0.2) is 60.8 Å². The Kier molecular flexibility index (Phi) is 4.69. The average Bonchev–Trinajstić information content (AvgIpc) is 2.58. The van der Waals surface area contributed by atoms with E-state index in [1.807, 2.05) is 4.90 Å². The third-order valence-electron chi connectivity index (χ3n) is 5.10. The van der Waals surface area contributed by atoms with E-state index in [2.05, 4.69) is 9.97 Å². The normalized spacial score (nSPS) is 24.4. The molecular formula is C16H23N3O3. The summed E-state index contributed by atoms with van der Waals surface area (Å²) in [4.78, 5) is 22.4. The second-order valence-corrected chi connectivity index (χ2v) is 6.20. The van der Waals surface area contributed by atoms with Gasteiger partial charge in [0.1, 0.15) is 0 Å². The smallest absolute Gasteiger partial charge is 0.291 e. The number of nitrogens with zero attached hydrogens (tertiary/aromatic N) is 3. The summed E-state index contributed by atoms with van der Waals surface area (Å²) in [7, 11) is 1.74. The molecule has 3 rings (SSSR count). The molecular weight excluding hydrogens is 282 g/mol. The first kappa shape index (κ1) is 15.4. The first-order chi connectivity index (χ1) is 10.7. The Bertz CT molecular complexity index is 499. The van der Waals surface area contributed by atoms with E-state index in [4.69, 9.17) is 9.47 Å². The highest BCUT2D eigenvalue weighted by Crippen LogP contribution is 2.44. The van der Waals surface area contributed by atoms with Crippen LogP contribution in [-0.2, 0) is 9.47 Å². The van der Waals surface area contributed by atoms with Crippen LogP contribution < -0.4 is 0 Å². The highest BCUT2D eigenvalue weighted by Gasteiger charge is 2.44. The van der Waals surface area contributed by atoms with Crippen LogP contribution in [0.25, 0.3) is 0 Å². The molecule has 0 aromatic carbocycles. The van der Waals surface area contributed by atoms with Gasteiger partial charge in [-0.3, -0.25) is 4.79 Å². The molecule has 1 aromatic rings. The summed E-state index contributed by atoms with van der Waals surface area (Å²) in [6.45, 7) is 3.84. The van der Waals surface area contributed by atoms with E-state index in [9.17, 15) is 4.79 Å². The lowest BCUT2D eigenvalue weighted by atomic mass is 9.66. The second kappa shape index (κ2) is 6.71. The van der Waals surface area contributed by atoms with Crippen molar-refractivity contribution in [2.75, 3.05) is 40.0 Å². The number of carbonyl (C=O) groups excluding carboxylic acids is 1. The molecule has 2 saturated heterocycles. The van der Waals surface area contributed by atoms with E-state index in [1.54, 1.807) is 25.6 Å². The number of hydrogen-bond donors (Lipinski definition) is 0. The minimum atomic E-state index is -0.0641. The van der Waals surface area contributed by atoms with E-state index < -0.39 is 0 Å². The van der Waals surface area contributed by atoms with E-state index in [0.29, 0.717) is 11.7 Å². The molecule has 22 heavy (non-hydrogen) atoms. The number of hydrogen-bond acceptors (Lipinski definition) is 5. The standard InChI is InChI=1S/C16H23N3O3/c1-21-11-13-12-22-10-5-16(13)3-8-19(9-4-16)15(20)14-17-6-2-7-18-14/h2,6-7,13H,3-5,8-12H2,1H3. The van der Waals surface area contributed by atoms with Crippen LogP contribution in [0, 0.1) is 11.3 Å². The van der Waals surface area contributed by atoms with Gasteiger partial charge in [0.25, 0.3) is 5.91 Å². The highest BCUT2D eigenvalue weighted by atomic mass is 16.5. The van der Waals surface area contributed by atoms with E-state index in [-0.39, 0.29) is 11.3 Å². The summed E-state index contributed by atoms with van der Waals surface area (Å²) in [5.74, 6) is 0.654. The average molecular weight is 305 g/mol. The van der Waals surface area contributed by atoms with Gasteiger partial charge in [-0.05, 0) is 30.7 Å². The molecule has 120 valence electrons. The Morgan fingerprint density at radius 2 is 2.09 bits per heavy atom. The fourth-order valence-electron chi connectivity index (χ4n) is 3.67. The number of piperidine rings is 1. The minimum absolute atomic E-state index is 0.0641. The maximum absolute atomic E-state index is 12.4. The van der Waals surface area contributed by atoms with Crippen molar-refractivity contribution in [1.82, 2.24) is 14.9 Å². The lowest BCUT2D eigenvalue weighted by Crippen LogP contribution is -2.50. The van der Waals surface area contributed by atoms with Gasteiger partial charge < -0.3 is 14.4 Å². The predicted molar refractivity (Wildman–Crippen MR) is 80.4 cm³/mol.